The first kappa shape index (κ1) is 20.7. The third-order valence-corrected chi connectivity index (χ3v) is 4.85. The molecule has 0 saturated carbocycles. The molecular formula is C19H28ClN3O3. The van der Waals surface area contributed by atoms with E-state index in [-0.39, 0.29) is 30.3 Å². The minimum atomic E-state index is -0.373. The molecule has 6 nitrogen and oxygen atoms in total. The Morgan fingerprint density at radius 2 is 1.77 bits per heavy atom. The van der Waals surface area contributed by atoms with Crippen LogP contribution in [0.5, 0.6) is 0 Å². The van der Waals surface area contributed by atoms with Crippen molar-refractivity contribution in [3.8, 4) is 0 Å². The molecule has 1 aromatic carbocycles. The van der Waals surface area contributed by atoms with Crippen molar-refractivity contribution in [1.29, 1.82) is 0 Å². The smallest absolute Gasteiger partial charge is 0.253 e. The van der Waals surface area contributed by atoms with E-state index in [1.54, 1.807) is 0 Å². The first-order valence-corrected chi connectivity index (χ1v) is 9.17. The molecule has 0 aromatic heterocycles. The van der Waals surface area contributed by atoms with Crippen LogP contribution in [0.2, 0.25) is 0 Å². The van der Waals surface area contributed by atoms with Crippen LogP contribution in [0.25, 0.3) is 0 Å². The molecule has 2 aliphatic heterocycles. The maximum atomic E-state index is 12.4. The SMILES string of the molecule is Cl.O=C(CCCc1ccccc1)N1CCN(C(=O)C2CNCCO2)CC1. The van der Waals surface area contributed by atoms with Crippen LogP contribution in [-0.4, -0.2) is 73.6 Å². The number of carbonyl (C=O) groups is 2. The number of rotatable bonds is 5. The number of ether oxygens (including phenoxy) is 1. The Balaban J connectivity index is 0.00000243. The summed E-state index contributed by atoms with van der Waals surface area (Å²) < 4.78 is 5.53. The van der Waals surface area contributed by atoms with Crippen LogP contribution >= 0.6 is 12.4 Å². The third-order valence-electron chi connectivity index (χ3n) is 4.85. The Morgan fingerprint density at radius 3 is 2.42 bits per heavy atom. The molecule has 0 aliphatic carbocycles. The molecule has 1 atom stereocenters. The summed E-state index contributed by atoms with van der Waals surface area (Å²) in [6.07, 6.45) is 1.99. The van der Waals surface area contributed by atoms with Gasteiger partial charge in [0.2, 0.25) is 5.91 Å². The van der Waals surface area contributed by atoms with Crippen LogP contribution in [0.15, 0.2) is 30.3 Å². The number of aryl methyl sites for hydroxylation is 1. The number of amides is 2. The summed E-state index contributed by atoms with van der Waals surface area (Å²) in [6.45, 7) is 4.40. The van der Waals surface area contributed by atoms with E-state index < -0.39 is 0 Å². The Bertz CT molecular complexity index is 571. The van der Waals surface area contributed by atoms with Crippen LogP contribution < -0.4 is 5.32 Å². The number of nitrogens with zero attached hydrogens (tertiary/aromatic N) is 2. The van der Waals surface area contributed by atoms with Crippen LogP contribution in [0.1, 0.15) is 18.4 Å². The molecule has 0 spiro atoms. The second kappa shape index (κ2) is 10.5. The van der Waals surface area contributed by atoms with E-state index in [9.17, 15) is 9.59 Å². The van der Waals surface area contributed by atoms with Crippen LogP contribution in [-0.2, 0) is 20.7 Å². The van der Waals surface area contributed by atoms with E-state index in [0.29, 0.717) is 45.8 Å². The van der Waals surface area contributed by atoms with Crippen molar-refractivity contribution in [3.05, 3.63) is 35.9 Å². The first-order chi connectivity index (χ1) is 12.2. The molecule has 1 unspecified atom stereocenters. The van der Waals surface area contributed by atoms with Gasteiger partial charge in [0.25, 0.3) is 5.91 Å². The molecule has 7 heteroatoms. The van der Waals surface area contributed by atoms with E-state index in [1.165, 1.54) is 5.56 Å². The summed E-state index contributed by atoms with van der Waals surface area (Å²) in [5, 5.41) is 3.18. The lowest BCUT2D eigenvalue weighted by Gasteiger charge is -2.37. The van der Waals surface area contributed by atoms with Gasteiger partial charge in [0.05, 0.1) is 6.61 Å². The number of hydrogen-bond acceptors (Lipinski definition) is 4. The van der Waals surface area contributed by atoms with Gasteiger partial charge in [-0.2, -0.15) is 0 Å². The maximum absolute atomic E-state index is 12.4. The number of halogens is 1. The van der Waals surface area contributed by atoms with Gasteiger partial charge >= 0.3 is 0 Å². The van der Waals surface area contributed by atoms with Crippen LogP contribution in [0.3, 0.4) is 0 Å². The van der Waals surface area contributed by atoms with Gasteiger partial charge in [-0.3, -0.25) is 9.59 Å². The van der Waals surface area contributed by atoms with E-state index in [2.05, 4.69) is 17.4 Å². The predicted molar refractivity (Wildman–Crippen MR) is 102 cm³/mol. The fourth-order valence-electron chi connectivity index (χ4n) is 3.35. The number of hydrogen-bond donors (Lipinski definition) is 1. The zero-order chi connectivity index (χ0) is 17.5. The Hall–Kier alpha value is -1.63. The first-order valence-electron chi connectivity index (χ1n) is 9.17. The lowest BCUT2D eigenvalue weighted by Crippen LogP contribution is -2.55. The van der Waals surface area contributed by atoms with Crippen molar-refractivity contribution in [2.75, 3.05) is 45.9 Å². The van der Waals surface area contributed by atoms with Gasteiger partial charge < -0.3 is 19.9 Å². The summed E-state index contributed by atoms with van der Waals surface area (Å²) in [5.74, 6) is 0.238. The number of nitrogens with one attached hydrogen (secondary N) is 1. The lowest BCUT2D eigenvalue weighted by molar-refractivity contribution is -0.149. The topological polar surface area (TPSA) is 61.9 Å². The minimum Gasteiger partial charge on any atom is -0.366 e. The number of benzene rings is 1. The lowest BCUT2D eigenvalue weighted by atomic mass is 10.1. The van der Waals surface area contributed by atoms with E-state index >= 15 is 0 Å². The van der Waals surface area contributed by atoms with Gasteiger partial charge in [0.1, 0.15) is 6.10 Å². The summed E-state index contributed by atoms with van der Waals surface area (Å²) in [6, 6.07) is 10.2. The molecule has 26 heavy (non-hydrogen) atoms. The third kappa shape index (κ3) is 5.69. The molecule has 1 N–H and O–H groups in total. The normalized spacial score (nSPS) is 20.4. The number of piperazine rings is 1. The summed E-state index contributed by atoms with van der Waals surface area (Å²) in [7, 11) is 0. The van der Waals surface area contributed by atoms with Gasteiger partial charge in [-0.05, 0) is 18.4 Å². The van der Waals surface area contributed by atoms with Crippen molar-refractivity contribution in [1.82, 2.24) is 15.1 Å². The van der Waals surface area contributed by atoms with Crippen LogP contribution in [0.4, 0.5) is 0 Å². The molecule has 0 bridgehead atoms. The van der Waals surface area contributed by atoms with E-state index in [1.807, 2.05) is 28.0 Å². The van der Waals surface area contributed by atoms with Gasteiger partial charge in [0.15, 0.2) is 0 Å². The standard InChI is InChI=1S/C19H27N3O3.ClH/c23-18(8-4-7-16-5-2-1-3-6-16)21-10-12-22(13-11-21)19(24)17-15-20-9-14-25-17;/h1-3,5-6,17,20H,4,7-15H2;1H. The molecule has 2 saturated heterocycles. The van der Waals surface area contributed by atoms with Crippen molar-refractivity contribution >= 4 is 24.2 Å². The highest BCUT2D eigenvalue weighted by Crippen LogP contribution is 2.11. The summed E-state index contributed by atoms with van der Waals surface area (Å²) in [5.41, 5.74) is 1.27. The van der Waals surface area contributed by atoms with Gasteiger partial charge in [-0.1, -0.05) is 30.3 Å². The highest BCUT2D eigenvalue weighted by Gasteiger charge is 2.30. The molecule has 2 heterocycles. The fourth-order valence-corrected chi connectivity index (χ4v) is 3.35. The highest BCUT2D eigenvalue weighted by molar-refractivity contribution is 5.85. The van der Waals surface area contributed by atoms with Crippen molar-refractivity contribution in [2.45, 2.75) is 25.4 Å². The zero-order valence-electron chi connectivity index (χ0n) is 15.1. The molecule has 0 radical (unpaired) electrons. The largest absolute Gasteiger partial charge is 0.366 e. The predicted octanol–water partition coefficient (Wildman–Crippen LogP) is 1.09. The summed E-state index contributed by atoms with van der Waals surface area (Å²) >= 11 is 0. The average Bonchev–Trinajstić information content (AvgIpc) is 2.69. The fraction of sp³-hybridized carbons (Fsp3) is 0.579. The summed E-state index contributed by atoms with van der Waals surface area (Å²) in [4.78, 5) is 28.5. The van der Waals surface area contributed by atoms with E-state index in [4.69, 9.17) is 4.74 Å². The monoisotopic (exact) mass is 381 g/mol. The maximum Gasteiger partial charge on any atom is 0.253 e. The quantitative estimate of drug-likeness (QED) is 0.829. The Labute approximate surface area is 161 Å². The number of morpholine rings is 1. The van der Waals surface area contributed by atoms with Crippen molar-refractivity contribution < 1.29 is 14.3 Å². The molecule has 1 aromatic rings. The van der Waals surface area contributed by atoms with Gasteiger partial charge in [-0.15, -0.1) is 12.4 Å². The van der Waals surface area contributed by atoms with E-state index in [0.717, 1.165) is 19.4 Å². The molecule has 144 valence electrons. The Kier molecular flexibility index (Phi) is 8.35. The second-order valence-electron chi connectivity index (χ2n) is 6.61. The molecule has 2 fully saturated rings. The van der Waals surface area contributed by atoms with Gasteiger partial charge in [0, 0.05) is 45.7 Å². The Morgan fingerprint density at radius 1 is 1.08 bits per heavy atom. The molecule has 2 aliphatic rings. The second-order valence-corrected chi connectivity index (χ2v) is 6.61. The minimum absolute atomic E-state index is 0. The van der Waals surface area contributed by atoms with Crippen molar-refractivity contribution in [2.24, 2.45) is 0 Å². The van der Waals surface area contributed by atoms with Crippen LogP contribution in [0, 0.1) is 0 Å². The zero-order valence-corrected chi connectivity index (χ0v) is 15.9. The molecule has 2 amide bonds. The van der Waals surface area contributed by atoms with Crippen molar-refractivity contribution in [3.63, 3.8) is 0 Å². The number of carbonyl (C=O) groups excluding carboxylic acids is 2. The molecular weight excluding hydrogens is 354 g/mol. The highest BCUT2D eigenvalue weighted by atomic mass is 35.5. The van der Waals surface area contributed by atoms with Gasteiger partial charge in [-0.25, -0.2) is 0 Å². The average molecular weight is 382 g/mol. The molecule has 3 rings (SSSR count).